The molecule has 7 nitrogen and oxygen atoms in total. The van der Waals surface area contributed by atoms with Gasteiger partial charge in [0.2, 0.25) is 0 Å². The normalized spacial score (nSPS) is 12.2. The molecule has 0 fully saturated rings. The van der Waals surface area contributed by atoms with E-state index in [0.717, 1.165) is 32.3 Å². The molecule has 0 spiro atoms. The lowest BCUT2D eigenvalue weighted by Gasteiger charge is -2.14. The predicted molar refractivity (Wildman–Crippen MR) is 95.4 cm³/mol. The molecule has 1 atom stereocenters. The van der Waals surface area contributed by atoms with Gasteiger partial charge >= 0.3 is 0 Å². The summed E-state index contributed by atoms with van der Waals surface area (Å²) < 4.78 is 2.65. The van der Waals surface area contributed by atoms with Gasteiger partial charge in [0.05, 0.1) is 30.4 Å². The van der Waals surface area contributed by atoms with Crippen LogP contribution in [-0.4, -0.2) is 29.7 Å². The topological polar surface area (TPSA) is 96.1 Å². The highest BCUT2D eigenvalue weighted by Gasteiger charge is 2.17. The van der Waals surface area contributed by atoms with Gasteiger partial charge in [-0.3, -0.25) is 9.67 Å². The van der Waals surface area contributed by atoms with Gasteiger partial charge in [-0.2, -0.15) is 10.4 Å². The first-order valence-corrected chi connectivity index (χ1v) is 8.35. The number of nitrogens with zero attached hydrogens (tertiary/aromatic N) is 6. The highest BCUT2D eigenvalue weighted by atomic mass is 79.9. The lowest BCUT2D eigenvalue weighted by molar-refractivity contribution is 0.530. The average molecular weight is 394 g/mol. The second-order valence-corrected chi connectivity index (χ2v) is 6.40. The van der Waals surface area contributed by atoms with Crippen LogP contribution in [0.1, 0.15) is 18.0 Å². The highest BCUT2D eigenvalue weighted by molar-refractivity contribution is 9.10. The van der Waals surface area contributed by atoms with Crippen molar-refractivity contribution < 1.29 is 0 Å². The van der Waals surface area contributed by atoms with E-state index < -0.39 is 0 Å². The molecule has 4 rings (SSSR count). The van der Waals surface area contributed by atoms with Crippen LogP contribution in [0.3, 0.4) is 0 Å². The summed E-state index contributed by atoms with van der Waals surface area (Å²) in [6.45, 7) is 0. The van der Waals surface area contributed by atoms with Gasteiger partial charge in [-0.05, 0) is 33.6 Å². The van der Waals surface area contributed by atoms with Crippen LogP contribution < -0.4 is 0 Å². The molecule has 4 aromatic heterocycles. The minimum atomic E-state index is -0.215. The van der Waals surface area contributed by atoms with Crippen LogP contribution in [0.25, 0.3) is 22.3 Å². The standard InChI is InChI=1S/C17H12BrN7/c18-13-5-11(6-20-8-13)15(1-3-19)25-9-12(7-24-25)16-14-2-4-21-17(14)23-10-22-16/h2,4-10,15H,1H2,(H,21,22,23). The maximum absolute atomic E-state index is 9.22. The lowest BCUT2D eigenvalue weighted by Crippen LogP contribution is -2.11. The number of hydrogen-bond acceptors (Lipinski definition) is 5. The molecule has 1 N–H and O–H groups in total. The summed E-state index contributed by atoms with van der Waals surface area (Å²) in [7, 11) is 0. The van der Waals surface area contributed by atoms with E-state index in [1.807, 2.05) is 24.5 Å². The van der Waals surface area contributed by atoms with Crippen molar-refractivity contribution in [1.29, 1.82) is 5.26 Å². The van der Waals surface area contributed by atoms with Gasteiger partial charge < -0.3 is 4.98 Å². The van der Waals surface area contributed by atoms with Gasteiger partial charge in [0.15, 0.2) is 0 Å². The number of fused-ring (bicyclic) bond motifs is 1. The van der Waals surface area contributed by atoms with Crippen molar-refractivity contribution >= 4 is 27.0 Å². The second kappa shape index (κ2) is 6.45. The molecule has 4 heterocycles. The molecule has 1 unspecified atom stereocenters. The Kier molecular flexibility index (Phi) is 3.99. The summed E-state index contributed by atoms with van der Waals surface area (Å²) in [5.74, 6) is 0. The van der Waals surface area contributed by atoms with Gasteiger partial charge in [0.1, 0.15) is 12.0 Å². The van der Waals surface area contributed by atoms with Crippen LogP contribution in [0.2, 0.25) is 0 Å². The van der Waals surface area contributed by atoms with Crippen molar-refractivity contribution in [3.05, 3.63) is 59.5 Å². The molecule has 0 aromatic carbocycles. The number of rotatable bonds is 4. The highest BCUT2D eigenvalue weighted by Crippen LogP contribution is 2.28. The fourth-order valence-corrected chi connectivity index (χ4v) is 3.18. The first-order valence-electron chi connectivity index (χ1n) is 7.56. The van der Waals surface area contributed by atoms with E-state index in [0.29, 0.717) is 6.42 Å². The Hall–Kier alpha value is -3.05. The van der Waals surface area contributed by atoms with E-state index >= 15 is 0 Å². The molecule has 8 heteroatoms. The predicted octanol–water partition coefficient (Wildman–Crippen LogP) is 3.48. The van der Waals surface area contributed by atoms with Crippen molar-refractivity contribution in [3.8, 4) is 17.3 Å². The maximum atomic E-state index is 9.22. The third-order valence-corrected chi connectivity index (χ3v) is 4.38. The van der Waals surface area contributed by atoms with Crippen molar-refractivity contribution in [2.24, 2.45) is 0 Å². The Morgan fingerprint density at radius 3 is 3.04 bits per heavy atom. The van der Waals surface area contributed by atoms with Crippen LogP contribution in [0.5, 0.6) is 0 Å². The smallest absolute Gasteiger partial charge is 0.141 e. The van der Waals surface area contributed by atoms with E-state index in [4.69, 9.17) is 0 Å². The van der Waals surface area contributed by atoms with Gasteiger partial charge in [-0.25, -0.2) is 9.97 Å². The van der Waals surface area contributed by atoms with E-state index in [-0.39, 0.29) is 6.04 Å². The SMILES string of the molecule is N#CCC(c1cncc(Br)c1)n1cc(-c2ncnc3[nH]ccc23)cn1. The fraction of sp³-hybridized carbons (Fsp3) is 0.118. The van der Waals surface area contributed by atoms with Crippen LogP contribution in [0.15, 0.2) is 53.9 Å². The van der Waals surface area contributed by atoms with Gasteiger partial charge in [-0.1, -0.05) is 0 Å². The molecule has 0 aliphatic rings. The summed E-state index contributed by atoms with van der Waals surface area (Å²) in [5.41, 5.74) is 3.38. The zero-order valence-electron chi connectivity index (χ0n) is 13.0. The Morgan fingerprint density at radius 2 is 2.20 bits per heavy atom. The molecule has 0 amide bonds. The van der Waals surface area contributed by atoms with Crippen LogP contribution in [0.4, 0.5) is 0 Å². The summed E-state index contributed by atoms with van der Waals surface area (Å²) in [4.78, 5) is 15.9. The van der Waals surface area contributed by atoms with Crippen molar-refractivity contribution in [3.63, 3.8) is 0 Å². The van der Waals surface area contributed by atoms with Crippen molar-refractivity contribution in [2.45, 2.75) is 12.5 Å². The summed E-state index contributed by atoms with van der Waals surface area (Å²) in [6.07, 6.45) is 10.8. The number of aromatic amines is 1. The van der Waals surface area contributed by atoms with Crippen molar-refractivity contribution in [1.82, 2.24) is 29.7 Å². The minimum absolute atomic E-state index is 0.215. The first-order chi connectivity index (χ1) is 12.3. The summed E-state index contributed by atoms with van der Waals surface area (Å²) in [6, 6.07) is 5.90. The second-order valence-electron chi connectivity index (χ2n) is 5.49. The summed E-state index contributed by atoms with van der Waals surface area (Å²) >= 11 is 3.42. The van der Waals surface area contributed by atoms with E-state index in [1.54, 1.807) is 23.3 Å². The number of nitriles is 1. The Morgan fingerprint density at radius 1 is 1.28 bits per heavy atom. The quantitative estimate of drug-likeness (QED) is 0.572. The fourth-order valence-electron chi connectivity index (χ4n) is 2.79. The number of hydrogen-bond donors (Lipinski definition) is 1. The zero-order chi connectivity index (χ0) is 17.2. The van der Waals surface area contributed by atoms with Gasteiger partial charge in [-0.15, -0.1) is 0 Å². The van der Waals surface area contributed by atoms with E-state index in [1.165, 1.54) is 6.33 Å². The maximum Gasteiger partial charge on any atom is 0.141 e. The van der Waals surface area contributed by atoms with E-state index in [2.05, 4.69) is 47.0 Å². The number of pyridine rings is 1. The first kappa shape index (κ1) is 15.5. The molecule has 0 radical (unpaired) electrons. The largest absolute Gasteiger partial charge is 0.346 e. The van der Waals surface area contributed by atoms with Crippen molar-refractivity contribution in [2.75, 3.05) is 0 Å². The molecular weight excluding hydrogens is 382 g/mol. The molecule has 0 aliphatic carbocycles. The summed E-state index contributed by atoms with van der Waals surface area (Å²) in [5, 5.41) is 14.6. The molecule has 0 aliphatic heterocycles. The average Bonchev–Trinajstić information content (AvgIpc) is 3.28. The number of aromatic nitrogens is 6. The molecule has 122 valence electrons. The number of halogens is 1. The third-order valence-electron chi connectivity index (χ3n) is 3.94. The van der Waals surface area contributed by atoms with Gasteiger partial charge in [0.25, 0.3) is 0 Å². The van der Waals surface area contributed by atoms with Crippen LogP contribution >= 0.6 is 15.9 Å². The Balaban J connectivity index is 1.76. The number of nitrogens with one attached hydrogen (secondary N) is 1. The van der Waals surface area contributed by atoms with Crippen LogP contribution in [-0.2, 0) is 0 Å². The molecule has 0 saturated carbocycles. The monoisotopic (exact) mass is 393 g/mol. The lowest BCUT2D eigenvalue weighted by atomic mass is 10.1. The molecule has 4 aromatic rings. The van der Waals surface area contributed by atoms with Crippen LogP contribution in [0, 0.1) is 11.3 Å². The molecule has 25 heavy (non-hydrogen) atoms. The Bertz CT molecular complexity index is 1080. The van der Waals surface area contributed by atoms with Gasteiger partial charge in [0, 0.05) is 40.2 Å². The molecule has 0 bridgehead atoms. The van der Waals surface area contributed by atoms with E-state index in [9.17, 15) is 5.26 Å². The zero-order valence-corrected chi connectivity index (χ0v) is 14.6. The third kappa shape index (κ3) is 2.90. The Labute approximate surface area is 151 Å². The molecular formula is C17H12BrN7. The minimum Gasteiger partial charge on any atom is -0.346 e. The molecule has 0 saturated heterocycles. The number of H-pyrrole nitrogens is 1.